The number of rotatable bonds is 13. The minimum Gasteiger partial charge on any atom is -0.481 e. The summed E-state index contributed by atoms with van der Waals surface area (Å²) in [7, 11) is 0. The van der Waals surface area contributed by atoms with Crippen LogP contribution < -0.4 is 10.1 Å². The molecule has 1 aliphatic carbocycles. The molecule has 2 aromatic rings. The van der Waals surface area contributed by atoms with Gasteiger partial charge < -0.3 is 34.4 Å². The zero-order valence-electron chi connectivity index (χ0n) is 26.8. The van der Waals surface area contributed by atoms with Gasteiger partial charge in [-0.3, -0.25) is 14.4 Å². The fourth-order valence-corrected chi connectivity index (χ4v) is 5.34. The molecule has 1 atom stereocenters. The van der Waals surface area contributed by atoms with E-state index in [1.54, 1.807) is 13.8 Å². The monoisotopic (exact) mass is 641 g/mol. The Morgan fingerprint density at radius 1 is 0.957 bits per heavy atom. The predicted octanol–water partition coefficient (Wildman–Crippen LogP) is 3.12. The van der Waals surface area contributed by atoms with Crippen molar-refractivity contribution in [1.82, 2.24) is 24.9 Å². The van der Waals surface area contributed by atoms with E-state index < -0.39 is 41.5 Å². The highest BCUT2D eigenvalue weighted by molar-refractivity contribution is 5.96. The number of benzene rings is 1. The summed E-state index contributed by atoms with van der Waals surface area (Å²) >= 11 is 0. The van der Waals surface area contributed by atoms with E-state index in [9.17, 15) is 29.1 Å². The lowest BCUT2D eigenvalue weighted by Crippen LogP contribution is -2.56. The molecule has 2 heterocycles. The lowest BCUT2D eigenvalue weighted by molar-refractivity contribution is -0.170. The van der Waals surface area contributed by atoms with Crippen molar-refractivity contribution in [2.24, 2.45) is 0 Å². The Morgan fingerprint density at radius 3 is 2.13 bits per heavy atom. The van der Waals surface area contributed by atoms with Gasteiger partial charge >= 0.3 is 18.0 Å². The Kier molecular flexibility index (Phi) is 11.3. The molecule has 14 heteroatoms. The number of hydrogen-bond donors (Lipinski definition) is 2. The average Bonchev–Trinajstić information content (AvgIpc) is 3.44. The van der Waals surface area contributed by atoms with E-state index in [1.165, 1.54) is 20.5 Å². The number of carbonyl (C=O) groups excluding carboxylic acids is 4. The lowest BCUT2D eigenvalue weighted by Gasteiger charge is -2.38. The van der Waals surface area contributed by atoms with Gasteiger partial charge in [0.15, 0.2) is 5.69 Å². The van der Waals surface area contributed by atoms with Gasteiger partial charge in [0.05, 0.1) is 18.9 Å². The van der Waals surface area contributed by atoms with Crippen molar-refractivity contribution in [1.29, 1.82) is 0 Å². The molecule has 0 bridgehead atoms. The van der Waals surface area contributed by atoms with Crippen LogP contribution in [0.5, 0.6) is 5.88 Å². The second-order valence-corrected chi connectivity index (χ2v) is 11.7. The fraction of sp³-hybridized carbons (Fsp3) is 0.562. The van der Waals surface area contributed by atoms with Crippen LogP contribution in [0.3, 0.4) is 0 Å². The first-order valence-corrected chi connectivity index (χ1v) is 15.8. The molecule has 3 amide bonds. The van der Waals surface area contributed by atoms with E-state index >= 15 is 0 Å². The second kappa shape index (κ2) is 15.1. The Morgan fingerprint density at radius 2 is 1.59 bits per heavy atom. The number of esters is 1. The number of carbonyl (C=O) groups is 5. The first-order chi connectivity index (χ1) is 22.0. The van der Waals surface area contributed by atoms with Crippen LogP contribution in [0.4, 0.5) is 4.79 Å². The van der Waals surface area contributed by atoms with Crippen LogP contribution in [-0.2, 0) is 23.9 Å². The largest absolute Gasteiger partial charge is 0.481 e. The Balaban J connectivity index is 1.58. The van der Waals surface area contributed by atoms with E-state index in [4.69, 9.17) is 14.2 Å². The normalized spacial score (nSPS) is 16.3. The maximum Gasteiger partial charge on any atom is 0.409 e. The standard InChI is InChI=1S/C32H43N5O9/c1-5-44-30(42)32(14-7-15-32)46-26-20-25(34-37(26)23-10-8-22(9-11-23)21(3)4)28(40)33-24(12-13-27(38)39)29(41)35-16-18-36(19-17-35)31(43)45-6-2/h8-11,20-21,24H,5-7,12-19H2,1-4H3,(H,33,40)(H,38,39)/t24-/m0/s1. The summed E-state index contributed by atoms with van der Waals surface area (Å²) in [5.41, 5.74) is 0.406. The second-order valence-electron chi connectivity index (χ2n) is 11.7. The number of hydrogen-bond acceptors (Lipinski definition) is 9. The maximum atomic E-state index is 13.6. The van der Waals surface area contributed by atoms with Crippen molar-refractivity contribution < 1.29 is 43.3 Å². The zero-order chi connectivity index (χ0) is 33.4. The lowest BCUT2D eigenvalue weighted by atomic mass is 9.80. The predicted molar refractivity (Wildman–Crippen MR) is 165 cm³/mol. The third-order valence-electron chi connectivity index (χ3n) is 8.19. The Bertz CT molecular complexity index is 1410. The number of nitrogens with one attached hydrogen (secondary N) is 1. The highest BCUT2D eigenvalue weighted by Gasteiger charge is 2.49. The van der Waals surface area contributed by atoms with Crippen molar-refractivity contribution in [3.63, 3.8) is 0 Å². The van der Waals surface area contributed by atoms with Crippen LogP contribution in [0, 0.1) is 0 Å². The Hall–Kier alpha value is -4.62. The topological polar surface area (TPSA) is 170 Å². The van der Waals surface area contributed by atoms with Gasteiger partial charge in [-0.25, -0.2) is 14.3 Å². The SMILES string of the molecule is CCOC(=O)N1CCN(C(=O)[C@H](CCC(=O)O)NC(=O)c2cc(OC3(C(=O)OCC)CCC3)n(-c3ccc(C(C)C)cc3)n2)CC1. The van der Waals surface area contributed by atoms with Gasteiger partial charge in [0, 0.05) is 38.7 Å². The molecule has 1 aromatic heterocycles. The summed E-state index contributed by atoms with van der Waals surface area (Å²) in [5, 5.41) is 16.5. The van der Waals surface area contributed by atoms with Gasteiger partial charge in [0.1, 0.15) is 6.04 Å². The van der Waals surface area contributed by atoms with Crippen LogP contribution in [0.25, 0.3) is 5.69 Å². The fourth-order valence-electron chi connectivity index (χ4n) is 5.34. The van der Waals surface area contributed by atoms with Crippen LogP contribution >= 0.6 is 0 Å². The molecule has 1 saturated carbocycles. The van der Waals surface area contributed by atoms with Gasteiger partial charge in [-0.15, -0.1) is 0 Å². The molecule has 46 heavy (non-hydrogen) atoms. The van der Waals surface area contributed by atoms with Crippen LogP contribution in [0.2, 0.25) is 0 Å². The number of piperazine rings is 1. The summed E-state index contributed by atoms with van der Waals surface area (Å²) in [4.78, 5) is 66.5. The first kappa shape index (κ1) is 34.3. The highest BCUT2D eigenvalue weighted by atomic mass is 16.6. The molecule has 14 nitrogen and oxygen atoms in total. The average molecular weight is 642 g/mol. The van der Waals surface area contributed by atoms with Crippen molar-refractivity contribution >= 4 is 29.8 Å². The minimum absolute atomic E-state index is 0.0819. The number of aliphatic carboxylic acids is 1. The molecule has 250 valence electrons. The molecule has 0 spiro atoms. The zero-order valence-corrected chi connectivity index (χ0v) is 26.8. The smallest absolute Gasteiger partial charge is 0.409 e. The quantitative estimate of drug-likeness (QED) is 0.310. The van der Waals surface area contributed by atoms with E-state index in [1.807, 2.05) is 24.3 Å². The molecule has 4 rings (SSSR count). The maximum absolute atomic E-state index is 13.6. The molecule has 2 fully saturated rings. The van der Waals surface area contributed by atoms with E-state index in [0.29, 0.717) is 24.4 Å². The molecular formula is C32H43N5O9. The molecule has 2 N–H and O–H groups in total. The van der Waals surface area contributed by atoms with E-state index in [2.05, 4.69) is 24.3 Å². The van der Waals surface area contributed by atoms with Crippen LogP contribution in [-0.4, -0.2) is 106 Å². The van der Waals surface area contributed by atoms with Gasteiger partial charge in [-0.2, -0.15) is 5.10 Å². The number of aromatic nitrogens is 2. The van der Waals surface area contributed by atoms with Crippen LogP contribution in [0.15, 0.2) is 30.3 Å². The van der Waals surface area contributed by atoms with Crippen molar-refractivity contribution in [2.75, 3.05) is 39.4 Å². The van der Waals surface area contributed by atoms with Crippen molar-refractivity contribution in [3.8, 4) is 11.6 Å². The van der Waals surface area contributed by atoms with Crippen molar-refractivity contribution in [2.45, 2.75) is 77.4 Å². The minimum atomic E-state index is -1.20. The molecule has 0 unspecified atom stereocenters. The number of amides is 3. The Labute approximate surface area is 267 Å². The molecule has 1 aliphatic heterocycles. The number of carboxylic acid groups (broad SMARTS) is 1. The molecule has 1 saturated heterocycles. The van der Waals surface area contributed by atoms with Gasteiger partial charge in [-0.1, -0.05) is 26.0 Å². The molecular weight excluding hydrogens is 598 g/mol. The van der Waals surface area contributed by atoms with E-state index in [-0.39, 0.29) is 63.8 Å². The first-order valence-electron chi connectivity index (χ1n) is 15.8. The highest BCUT2D eigenvalue weighted by Crippen LogP contribution is 2.39. The number of nitrogens with zero attached hydrogens (tertiary/aromatic N) is 4. The summed E-state index contributed by atoms with van der Waals surface area (Å²) in [5.74, 6) is -2.34. The van der Waals surface area contributed by atoms with Gasteiger partial charge in [0.2, 0.25) is 17.4 Å². The van der Waals surface area contributed by atoms with Crippen molar-refractivity contribution in [3.05, 3.63) is 41.6 Å². The molecule has 0 radical (unpaired) electrons. The number of ether oxygens (including phenoxy) is 3. The van der Waals surface area contributed by atoms with Crippen LogP contribution in [0.1, 0.15) is 81.8 Å². The van der Waals surface area contributed by atoms with Gasteiger partial charge in [-0.05, 0) is 63.1 Å². The third-order valence-corrected chi connectivity index (χ3v) is 8.19. The number of carboxylic acids is 1. The molecule has 2 aliphatic rings. The summed E-state index contributed by atoms with van der Waals surface area (Å²) < 4.78 is 18.0. The van der Waals surface area contributed by atoms with Gasteiger partial charge in [0.25, 0.3) is 5.91 Å². The molecule has 1 aromatic carbocycles. The summed E-state index contributed by atoms with van der Waals surface area (Å²) in [6.07, 6.45) is 0.687. The summed E-state index contributed by atoms with van der Waals surface area (Å²) in [6, 6.07) is 7.81. The van der Waals surface area contributed by atoms with E-state index in [0.717, 1.165) is 12.0 Å². The summed E-state index contributed by atoms with van der Waals surface area (Å²) in [6.45, 7) is 8.88. The third kappa shape index (κ3) is 7.96.